The summed E-state index contributed by atoms with van der Waals surface area (Å²) in [5.41, 5.74) is 2.83. The first-order valence-electron chi connectivity index (χ1n) is 7.97. The number of benzene rings is 1. The Morgan fingerprint density at radius 3 is 2.10 bits per heavy atom. The average Bonchev–Trinajstić information content (AvgIpc) is 2.46. The number of hydrogen-bond donors (Lipinski definition) is 1. The van der Waals surface area contributed by atoms with Gasteiger partial charge in [0.05, 0.1) is 0 Å². The average molecular weight is 294 g/mol. The van der Waals surface area contributed by atoms with Crippen LogP contribution in [0, 0.1) is 0 Å². The molecule has 0 spiro atoms. The molecule has 1 N–H and O–H groups in total. The predicted molar refractivity (Wildman–Crippen MR) is 93.8 cm³/mol. The van der Waals surface area contributed by atoms with Crippen molar-refractivity contribution in [3.05, 3.63) is 35.4 Å². The van der Waals surface area contributed by atoms with Gasteiger partial charge in [-0.2, -0.15) is 11.8 Å². The molecule has 0 aliphatic heterocycles. The van der Waals surface area contributed by atoms with Gasteiger partial charge in [-0.25, -0.2) is 0 Å². The first kappa shape index (κ1) is 17.6. The highest BCUT2D eigenvalue weighted by atomic mass is 32.2. The van der Waals surface area contributed by atoms with E-state index in [9.17, 15) is 0 Å². The second-order valence-corrected chi connectivity index (χ2v) is 6.89. The van der Waals surface area contributed by atoms with Crippen molar-refractivity contribution in [3.8, 4) is 0 Å². The summed E-state index contributed by atoms with van der Waals surface area (Å²) in [5.74, 6) is 1.93. The van der Waals surface area contributed by atoms with Gasteiger partial charge < -0.3 is 5.32 Å². The van der Waals surface area contributed by atoms with E-state index in [2.05, 4.69) is 56.6 Å². The molecule has 0 saturated heterocycles. The van der Waals surface area contributed by atoms with E-state index in [1.54, 1.807) is 0 Å². The minimum atomic E-state index is 0.461. The van der Waals surface area contributed by atoms with Crippen LogP contribution in [0.5, 0.6) is 0 Å². The molecule has 1 atom stereocenters. The summed E-state index contributed by atoms with van der Waals surface area (Å²) >= 11 is 1.96. The van der Waals surface area contributed by atoms with Crippen molar-refractivity contribution < 1.29 is 0 Å². The molecule has 0 aliphatic carbocycles. The van der Waals surface area contributed by atoms with Crippen LogP contribution in [0.3, 0.4) is 0 Å². The third kappa shape index (κ3) is 6.81. The summed E-state index contributed by atoms with van der Waals surface area (Å²) in [5, 5.41) is 3.63. The summed E-state index contributed by atoms with van der Waals surface area (Å²) in [7, 11) is 0. The fraction of sp³-hybridized carbons (Fsp3) is 0.667. The van der Waals surface area contributed by atoms with E-state index in [4.69, 9.17) is 0 Å². The van der Waals surface area contributed by atoms with E-state index < -0.39 is 0 Å². The zero-order valence-corrected chi connectivity index (χ0v) is 14.4. The second-order valence-electron chi connectivity index (χ2n) is 5.90. The van der Waals surface area contributed by atoms with Crippen LogP contribution in [0.25, 0.3) is 0 Å². The summed E-state index contributed by atoms with van der Waals surface area (Å²) in [6.45, 7) is 7.88. The Morgan fingerprint density at radius 2 is 1.50 bits per heavy atom. The van der Waals surface area contributed by atoms with Gasteiger partial charge in [0.2, 0.25) is 0 Å². The van der Waals surface area contributed by atoms with Gasteiger partial charge >= 0.3 is 0 Å². The van der Waals surface area contributed by atoms with Gasteiger partial charge in [-0.3, -0.25) is 0 Å². The van der Waals surface area contributed by atoms with Crippen LogP contribution >= 0.6 is 11.8 Å². The van der Waals surface area contributed by atoms with Gasteiger partial charge in [-0.05, 0) is 55.4 Å². The molecule has 2 heteroatoms. The molecule has 0 aromatic heterocycles. The lowest BCUT2D eigenvalue weighted by atomic mass is 9.99. The zero-order chi connectivity index (χ0) is 14.8. The van der Waals surface area contributed by atoms with Crippen molar-refractivity contribution in [2.24, 2.45) is 0 Å². The Labute approximate surface area is 129 Å². The van der Waals surface area contributed by atoms with E-state index in [0.29, 0.717) is 12.0 Å². The van der Waals surface area contributed by atoms with Crippen molar-refractivity contribution in [3.63, 3.8) is 0 Å². The van der Waals surface area contributed by atoms with Gasteiger partial charge in [0.15, 0.2) is 0 Å². The van der Waals surface area contributed by atoms with Crippen molar-refractivity contribution in [2.75, 3.05) is 18.6 Å². The SMILES string of the molecule is CSCCCCCCNC(C)c1ccc(C(C)C)cc1. The minimum absolute atomic E-state index is 0.461. The Balaban J connectivity index is 2.20. The van der Waals surface area contributed by atoms with Crippen LogP contribution in [0.4, 0.5) is 0 Å². The third-order valence-electron chi connectivity index (χ3n) is 3.83. The summed E-state index contributed by atoms with van der Waals surface area (Å²) < 4.78 is 0. The molecule has 1 aromatic rings. The number of rotatable bonds is 10. The smallest absolute Gasteiger partial charge is 0.0291 e. The molecular formula is C18H31NS. The largest absolute Gasteiger partial charge is 0.310 e. The van der Waals surface area contributed by atoms with Gasteiger partial charge in [0, 0.05) is 6.04 Å². The van der Waals surface area contributed by atoms with Gasteiger partial charge in [0.25, 0.3) is 0 Å². The van der Waals surface area contributed by atoms with Crippen molar-refractivity contribution in [1.29, 1.82) is 0 Å². The predicted octanol–water partition coefficient (Wildman–Crippen LogP) is 5.38. The van der Waals surface area contributed by atoms with Gasteiger partial charge in [-0.1, -0.05) is 51.0 Å². The molecule has 1 rings (SSSR count). The molecule has 0 saturated carbocycles. The highest BCUT2D eigenvalue weighted by molar-refractivity contribution is 7.98. The van der Waals surface area contributed by atoms with E-state index >= 15 is 0 Å². The molecule has 0 radical (unpaired) electrons. The summed E-state index contributed by atoms with van der Waals surface area (Å²) in [6.07, 6.45) is 7.58. The van der Waals surface area contributed by atoms with Crippen molar-refractivity contribution >= 4 is 11.8 Å². The molecule has 0 fully saturated rings. The summed E-state index contributed by atoms with van der Waals surface area (Å²) in [4.78, 5) is 0. The Hall–Kier alpha value is -0.470. The van der Waals surface area contributed by atoms with Crippen LogP contribution in [0.2, 0.25) is 0 Å². The quantitative estimate of drug-likeness (QED) is 0.581. The Bertz CT molecular complexity index is 345. The number of nitrogens with one attached hydrogen (secondary N) is 1. The van der Waals surface area contributed by atoms with Crippen LogP contribution in [0.15, 0.2) is 24.3 Å². The highest BCUT2D eigenvalue weighted by Crippen LogP contribution is 2.18. The lowest BCUT2D eigenvalue weighted by Gasteiger charge is -2.15. The minimum Gasteiger partial charge on any atom is -0.310 e. The summed E-state index contributed by atoms with van der Waals surface area (Å²) in [6, 6.07) is 9.53. The first-order valence-corrected chi connectivity index (χ1v) is 9.36. The lowest BCUT2D eigenvalue weighted by molar-refractivity contribution is 0.537. The molecule has 0 bridgehead atoms. The number of thioether (sulfide) groups is 1. The molecule has 1 unspecified atom stereocenters. The van der Waals surface area contributed by atoms with E-state index in [1.165, 1.54) is 42.6 Å². The molecule has 1 aromatic carbocycles. The van der Waals surface area contributed by atoms with Gasteiger partial charge in [0.1, 0.15) is 0 Å². The topological polar surface area (TPSA) is 12.0 Å². The molecule has 0 heterocycles. The zero-order valence-electron chi connectivity index (χ0n) is 13.6. The van der Waals surface area contributed by atoms with E-state index in [-0.39, 0.29) is 0 Å². The van der Waals surface area contributed by atoms with Crippen LogP contribution in [-0.4, -0.2) is 18.6 Å². The fourth-order valence-corrected chi connectivity index (χ4v) is 2.82. The lowest BCUT2D eigenvalue weighted by Crippen LogP contribution is -2.19. The highest BCUT2D eigenvalue weighted by Gasteiger charge is 2.05. The maximum atomic E-state index is 3.63. The van der Waals surface area contributed by atoms with E-state index in [1.807, 2.05) is 11.8 Å². The van der Waals surface area contributed by atoms with Gasteiger partial charge in [-0.15, -0.1) is 0 Å². The molecule has 0 amide bonds. The normalized spacial score (nSPS) is 12.8. The van der Waals surface area contributed by atoms with Crippen molar-refractivity contribution in [1.82, 2.24) is 5.32 Å². The maximum Gasteiger partial charge on any atom is 0.0291 e. The first-order chi connectivity index (χ1) is 9.65. The van der Waals surface area contributed by atoms with Crippen molar-refractivity contribution in [2.45, 2.75) is 58.4 Å². The second kappa shape index (κ2) is 10.3. The molecule has 114 valence electrons. The molecule has 20 heavy (non-hydrogen) atoms. The number of hydrogen-bond acceptors (Lipinski definition) is 2. The fourth-order valence-electron chi connectivity index (χ4n) is 2.33. The van der Waals surface area contributed by atoms with Crippen LogP contribution in [0.1, 0.15) is 69.5 Å². The van der Waals surface area contributed by atoms with Crippen LogP contribution < -0.4 is 5.32 Å². The Morgan fingerprint density at radius 1 is 0.900 bits per heavy atom. The number of unbranched alkanes of at least 4 members (excludes halogenated alkanes) is 3. The Kier molecular flexibility index (Phi) is 9.04. The standard InChI is InChI=1S/C18H31NS/c1-15(2)17-9-11-18(12-10-17)16(3)19-13-7-5-6-8-14-20-4/h9-12,15-16,19H,5-8,13-14H2,1-4H3. The monoisotopic (exact) mass is 293 g/mol. The van der Waals surface area contributed by atoms with E-state index in [0.717, 1.165) is 6.54 Å². The van der Waals surface area contributed by atoms with Crippen LogP contribution in [-0.2, 0) is 0 Å². The molecule has 1 nitrogen and oxygen atoms in total. The molecule has 0 aliphatic rings. The third-order valence-corrected chi connectivity index (χ3v) is 4.53. The maximum absolute atomic E-state index is 3.63. The molecular weight excluding hydrogens is 262 g/mol.